The second-order valence-electron chi connectivity index (χ2n) is 5.63. The van der Waals surface area contributed by atoms with E-state index in [-0.39, 0.29) is 5.54 Å². The molecule has 94 valence electrons. The second-order valence-corrected chi connectivity index (χ2v) is 5.63. The van der Waals surface area contributed by atoms with Gasteiger partial charge < -0.3 is 10.6 Å². The molecule has 0 unspecified atom stereocenters. The number of anilines is 1. The standard InChI is InChI=1S/C15H24N2/c1-12-7-8-13(14(11-12)17(2)3)15(16)9-5-4-6-10-15/h7-8,11H,4-6,9-10,16H2,1-3H3. The molecule has 0 aliphatic heterocycles. The smallest absolute Gasteiger partial charge is 0.0430 e. The fourth-order valence-corrected chi connectivity index (χ4v) is 2.88. The van der Waals surface area contributed by atoms with Crippen molar-refractivity contribution < 1.29 is 0 Å². The first-order valence-electron chi connectivity index (χ1n) is 6.60. The molecule has 0 spiro atoms. The molecule has 0 bridgehead atoms. The zero-order valence-corrected chi connectivity index (χ0v) is 11.3. The van der Waals surface area contributed by atoms with E-state index < -0.39 is 0 Å². The van der Waals surface area contributed by atoms with Crippen molar-refractivity contribution in [3.05, 3.63) is 29.3 Å². The molecule has 0 radical (unpaired) electrons. The van der Waals surface area contributed by atoms with Gasteiger partial charge in [-0.15, -0.1) is 0 Å². The van der Waals surface area contributed by atoms with Crippen molar-refractivity contribution in [1.82, 2.24) is 0 Å². The van der Waals surface area contributed by atoms with Gasteiger partial charge in [0.05, 0.1) is 0 Å². The minimum absolute atomic E-state index is 0.106. The molecule has 1 aromatic rings. The first kappa shape index (κ1) is 12.4. The minimum atomic E-state index is -0.106. The van der Waals surface area contributed by atoms with Crippen molar-refractivity contribution in [2.24, 2.45) is 5.73 Å². The summed E-state index contributed by atoms with van der Waals surface area (Å²) in [6, 6.07) is 6.67. The van der Waals surface area contributed by atoms with Gasteiger partial charge in [-0.25, -0.2) is 0 Å². The Labute approximate surface area is 105 Å². The summed E-state index contributed by atoms with van der Waals surface area (Å²) in [7, 11) is 4.20. The average molecular weight is 232 g/mol. The van der Waals surface area contributed by atoms with Crippen molar-refractivity contribution in [2.75, 3.05) is 19.0 Å². The van der Waals surface area contributed by atoms with Crippen molar-refractivity contribution in [2.45, 2.75) is 44.6 Å². The highest BCUT2D eigenvalue weighted by Gasteiger charge is 2.31. The van der Waals surface area contributed by atoms with Crippen LogP contribution in [0, 0.1) is 6.92 Å². The largest absolute Gasteiger partial charge is 0.377 e. The number of nitrogens with two attached hydrogens (primary N) is 1. The van der Waals surface area contributed by atoms with Crippen LogP contribution in [0.5, 0.6) is 0 Å². The van der Waals surface area contributed by atoms with Crippen LogP contribution in [0.15, 0.2) is 18.2 Å². The normalized spacial score (nSPS) is 19.1. The van der Waals surface area contributed by atoms with E-state index in [0.29, 0.717) is 0 Å². The van der Waals surface area contributed by atoms with E-state index in [0.717, 1.165) is 12.8 Å². The number of hydrogen-bond donors (Lipinski definition) is 1. The third kappa shape index (κ3) is 2.47. The number of nitrogens with zero attached hydrogens (tertiary/aromatic N) is 1. The van der Waals surface area contributed by atoms with Crippen LogP contribution in [0.4, 0.5) is 5.69 Å². The summed E-state index contributed by atoms with van der Waals surface area (Å²) in [6.07, 6.45) is 6.10. The third-order valence-electron chi connectivity index (χ3n) is 3.92. The molecule has 1 aliphatic carbocycles. The van der Waals surface area contributed by atoms with Crippen LogP contribution in [-0.4, -0.2) is 14.1 Å². The van der Waals surface area contributed by atoms with Crippen LogP contribution in [0.1, 0.15) is 43.2 Å². The molecule has 0 saturated heterocycles. The van der Waals surface area contributed by atoms with Gasteiger partial charge in [-0.05, 0) is 37.0 Å². The van der Waals surface area contributed by atoms with E-state index in [1.165, 1.54) is 36.1 Å². The molecule has 2 N–H and O–H groups in total. The summed E-state index contributed by atoms with van der Waals surface area (Å²) in [4.78, 5) is 2.19. The van der Waals surface area contributed by atoms with E-state index >= 15 is 0 Å². The van der Waals surface area contributed by atoms with Gasteiger partial charge in [-0.1, -0.05) is 31.4 Å². The topological polar surface area (TPSA) is 29.3 Å². The Kier molecular flexibility index (Phi) is 3.43. The van der Waals surface area contributed by atoms with Crippen LogP contribution >= 0.6 is 0 Å². The highest BCUT2D eigenvalue weighted by Crippen LogP contribution is 2.39. The zero-order valence-electron chi connectivity index (χ0n) is 11.3. The van der Waals surface area contributed by atoms with Crippen LogP contribution in [0.25, 0.3) is 0 Å². The van der Waals surface area contributed by atoms with Crippen LogP contribution in [0.3, 0.4) is 0 Å². The number of aryl methyl sites for hydroxylation is 1. The third-order valence-corrected chi connectivity index (χ3v) is 3.92. The molecule has 1 fully saturated rings. The molecule has 1 aliphatic rings. The van der Waals surface area contributed by atoms with Gasteiger partial charge in [0.2, 0.25) is 0 Å². The number of hydrogen-bond acceptors (Lipinski definition) is 2. The molecule has 2 nitrogen and oxygen atoms in total. The predicted octanol–water partition coefficient (Wildman–Crippen LogP) is 3.18. The molecule has 17 heavy (non-hydrogen) atoms. The minimum Gasteiger partial charge on any atom is -0.377 e. The van der Waals surface area contributed by atoms with Crippen LogP contribution in [0.2, 0.25) is 0 Å². The van der Waals surface area contributed by atoms with Gasteiger partial charge in [0.25, 0.3) is 0 Å². The van der Waals surface area contributed by atoms with Crippen LogP contribution in [-0.2, 0) is 5.54 Å². The lowest BCUT2D eigenvalue weighted by molar-refractivity contribution is 0.303. The van der Waals surface area contributed by atoms with E-state index in [1.54, 1.807) is 0 Å². The van der Waals surface area contributed by atoms with Gasteiger partial charge in [0.1, 0.15) is 0 Å². The van der Waals surface area contributed by atoms with Crippen LogP contribution < -0.4 is 10.6 Å². The first-order valence-corrected chi connectivity index (χ1v) is 6.60. The lowest BCUT2D eigenvalue weighted by Gasteiger charge is -2.36. The monoisotopic (exact) mass is 232 g/mol. The van der Waals surface area contributed by atoms with Gasteiger partial charge in [-0.2, -0.15) is 0 Å². The Hall–Kier alpha value is -1.02. The van der Waals surface area contributed by atoms with Gasteiger partial charge >= 0.3 is 0 Å². The molecular formula is C15H24N2. The lowest BCUT2D eigenvalue weighted by atomic mass is 9.76. The molecule has 1 saturated carbocycles. The Bertz CT molecular complexity index is 390. The van der Waals surface area contributed by atoms with Gasteiger partial charge in [0, 0.05) is 25.3 Å². The fraction of sp³-hybridized carbons (Fsp3) is 0.600. The highest BCUT2D eigenvalue weighted by molar-refractivity contribution is 5.57. The van der Waals surface area contributed by atoms with E-state index in [9.17, 15) is 0 Å². The summed E-state index contributed by atoms with van der Waals surface area (Å²) >= 11 is 0. The second kappa shape index (κ2) is 4.69. The van der Waals surface area contributed by atoms with E-state index in [1.807, 2.05) is 0 Å². The quantitative estimate of drug-likeness (QED) is 0.848. The van der Waals surface area contributed by atoms with E-state index in [4.69, 9.17) is 5.73 Å². The van der Waals surface area contributed by atoms with Crippen molar-refractivity contribution in [3.63, 3.8) is 0 Å². The van der Waals surface area contributed by atoms with Crippen molar-refractivity contribution >= 4 is 5.69 Å². The summed E-state index contributed by atoms with van der Waals surface area (Å²) < 4.78 is 0. The molecule has 1 aromatic carbocycles. The van der Waals surface area contributed by atoms with Crippen molar-refractivity contribution in [1.29, 1.82) is 0 Å². The SMILES string of the molecule is Cc1ccc(C2(N)CCCCC2)c(N(C)C)c1. The maximum atomic E-state index is 6.64. The molecule has 0 amide bonds. The summed E-state index contributed by atoms with van der Waals surface area (Å²) in [5.41, 5.74) is 10.5. The molecule has 2 heteroatoms. The predicted molar refractivity (Wildman–Crippen MR) is 74.5 cm³/mol. The van der Waals surface area contributed by atoms with Gasteiger partial charge in [0.15, 0.2) is 0 Å². The Morgan fingerprint density at radius 2 is 1.76 bits per heavy atom. The molecule has 0 aromatic heterocycles. The zero-order chi connectivity index (χ0) is 12.5. The Balaban J connectivity index is 2.43. The summed E-state index contributed by atoms with van der Waals surface area (Å²) in [5.74, 6) is 0. The maximum Gasteiger partial charge on any atom is 0.0430 e. The highest BCUT2D eigenvalue weighted by atomic mass is 15.1. The molecule has 2 rings (SSSR count). The molecular weight excluding hydrogens is 208 g/mol. The Morgan fingerprint density at radius 3 is 2.35 bits per heavy atom. The summed E-state index contributed by atoms with van der Waals surface area (Å²) in [5, 5.41) is 0. The molecule has 0 heterocycles. The molecule has 0 atom stereocenters. The average Bonchev–Trinajstić information content (AvgIpc) is 2.29. The van der Waals surface area contributed by atoms with Crippen molar-refractivity contribution in [3.8, 4) is 0 Å². The first-order chi connectivity index (χ1) is 8.03. The Morgan fingerprint density at radius 1 is 1.12 bits per heavy atom. The number of benzene rings is 1. The summed E-state index contributed by atoms with van der Waals surface area (Å²) in [6.45, 7) is 2.14. The number of rotatable bonds is 2. The fourth-order valence-electron chi connectivity index (χ4n) is 2.88. The van der Waals surface area contributed by atoms with E-state index in [2.05, 4.69) is 44.1 Å². The maximum absolute atomic E-state index is 6.64. The van der Waals surface area contributed by atoms with Gasteiger partial charge in [-0.3, -0.25) is 0 Å². The lowest BCUT2D eigenvalue weighted by Crippen LogP contribution is -2.39.